The third-order valence-corrected chi connectivity index (χ3v) is 3.89. The summed E-state index contributed by atoms with van der Waals surface area (Å²) < 4.78 is 7.80. The summed E-state index contributed by atoms with van der Waals surface area (Å²) in [6.45, 7) is 4.94. The monoisotopic (exact) mass is 303 g/mol. The Balaban J connectivity index is 2.11. The van der Waals surface area contributed by atoms with Gasteiger partial charge in [0.2, 0.25) is 0 Å². The van der Waals surface area contributed by atoms with Gasteiger partial charge in [0.05, 0.1) is 16.9 Å². The predicted molar refractivity (Wildman–Crippen MR) is 84.7 cm³/mol. The number of fused-ring (bicyclic) bond motifs is 1. The molecule has 2 heterocycles. The normalized spacial score (nSPS) is 13.0. The quantitative estimate of drug-likeness (QED) is 0.796. The molecule has 4 nitrogen and oxygen atoms in total. The molecule has 0 fully saturated rings. The van der Waals surface area contributed by atoms with E-state index in [-0.39, 0.29) is 6.04 Å². The van der Waals surface area contributed by atoms with E-state index in [2.05, 4.69) is 42.5 Å². The average Bonchev–Trinajstić information content (AvgIpc) is 3.00. The van der Waals surface area contributed by atoms with Gasteiger partial charge in [-0.3, -0.25) is 4.68 Å². The Bertz CT molecular complexity index is 756. The van der Waals surface area contributed by atoms with Crippen LogP contribution in [0.4, 0.5) is 0 Å². The van der Waals surface area contributed by atoms with Crippen molar-refractivity contribution in [2.24, 2.45) is 7.05 Å². The fourth-order valence-corrected chi connectivity index (χ4v) is 2.88. The maximum Gasteiger partial charge on any atom is 0.134 e. The fourth-order valence-electron chi connectivity index (χ4n) is 2.61. The van der Waals surface area contributed by atoms with Crippen LogP contribution in [-0.4, -0.2) is 16.3 Å². The highest BCUT2D eigenvalue weighted by Crippen LogP contribution is 2.31. The van der Waals surface area contributed by atoms with E-state index in [9.17, 15) is 0 Å². The van der Waals surface area contributed by atoms with Crippen LogP contribution in [0.5, 0.6) is 0 Å². The third kappa shape index (κ3) is 2.57. The maximum absolute atomic E-state index is 6.28. The molecule has 0 radical (unpaired) electrons. The molecule has 0 spiro atoms. The lowest BCUT2D eigenvalue weighted by molar-refractivity contribution is 0.459. The molecule has 2 aromatic heterocycles. The Labute approximate surface area is 128 Å². The molecule has 0 saturated carbocycles. The largest absolute Gasteiger partial charge is 0.459 e. The summed E-state index contributed by atoms with van der Waals surface area (Å²) >= 11 is 6.28. The van der Waals surface area contributed by atoms with Crippen molar-refractivity contribution in [3.8, 4) is 0 Å². The SMILES string of the molecule is CCNC(c1cc2cc(C)ccc2o1)c1c(Cl)cnn1C. The minimum atomic E-state index is -0.109. The molecular formula is C16H18ClN3O. The lowest BCUT2D eigenvalue weighted by atomic mass is 10.1. The second-order valence-corrected chi connectivity index (χ2v) is 5.59. The number of benzene rings is 1. The summed E-state index contributed by atoms with van der Waals surface area (Å²) in [6.07, 6.45) is 1.66. The lowest BCUT2D eigenvalue weighted by Crippen LogP contribution is -2.24. The molecule has 0 saturated heterocycles. The van der Waals surface area contributed by atoms with Crippen LogP contribution in [0.2, 0.25) is 5.02 Å². The van der Waals surface area contributed by atoms with E-state index in [1.807, 2.05) is 13.1 Å². The molecule has 1 N–H and O–H groups in total. The number of halogens is 1. The molecule has 1 atom stereocenters. The van der Waals surface area contributed by atoms with Crippen LogP contribution in [0.3, 0.4) is 0 Å². The number of hydrogen-bond acceptors (Lipinski definition) is 3. The van der Waals surface area contributed by atoms with E-state index in [1.165, 1.54) is 5.56 Å². The molecule has 0 aliphatic carbocycles. The van der Waals surface area contributed by atoms with Crippen molar-refractivity contribution in [2.75, 3.05) is 6.54 Å². The number of furan rings is 1. The van der Waals surface area contributed by atoms with Crippen LogP contribution in [0.25, 0.3) is 11.0 Å². The number of hydrogen-bond donors (Lipinski definition) is 1. The van der Waals surface area contributed by atoms with Gasteiger partial charge in [-0.15, -0.1) is 0 Å². The summed E-state index contributed by atoms with van der Waals surface area (Å²) in [5.74, 6) is 0.850. The zero-order valence-electron chi connectivity index (χ0n) is 12.4. The summed E-state index contributed by atoms with van der Waals surface area (Å²) in [5.41, 5.74) is 3.01. The van der Waals surface area contributed by atoms with E-state index >= 15 is 0 Å². The fraction of sp³-hybridized carbons (Fsp3) is 0.312. The molecule has 0 aliphatic heterocycles. The summed E-state index contributed by atoms with van der Waals surface area (Å²) in [6, 6.07) is 8.13. The number of rotatable bonds is 4. The molecule has 1 unspecified atom stereocenters. The lowest BCUT2D eigenvalue weighted by Gasteiger charge is -2.16. The Morgan fingerprint density at radius 1 is 1.38 bits per heavy atom. The summed E-state index contributed by atoms with van der Waals surface area (Å²) in [5, 5.41) is 9.38. The van der Waals surface area contributed by atoms with Crippen LogP contribution in [0.15, 0.2) is 34.9 Å². The molecule has 3 rings (SSSR count). The highest BCUT2D eigenvalue weighted by Gasteiger charge is 2.23. The van der Waals surface area contributed by atoms with Crippen molar-refractivity contribution in [1.82, 2.24) is 15.1 Å². The topological polar surface area (TPSA) is 43.0 Å². The first-order chi connectivity index (χ1) is 10.1. The van der Waals surface area contributed by atoms with Crippen LogP contribution < -0.4 is 5.32 Å². The number of aromatic nitrogens is 2. The molecule has 1 aromatic carbocycles. The van der Waals surface area contributed by atoms with Crippen molar-refractivity contribution >= 4 is 22.6 Å². The van der Waals surface area contributed by atoms with Gasteiger partial charge in [0.1, 0.15) is 17.4 Å². The molecule has 110 valence electrons. The Morgan fingerprint density at radius 3 is 2.86 bits per heavy atom. The minimum Gasteiger partial charge on any atom is -0.459 e. The molecule has 0 bridgehead atoms. The van der Waals surface area contributed by atoms with Crippen molar-refractivity contribution in [2.45, 2.75) is 19.9 Å². The molecule has 3 aromatic rings. The van der Waals surface area contributed by atoms with E-state index in [1.54, 1.807) is 10.9 Å². The number of aryl methyl sites for hydroxylation is 2. The first kappa shape index (κ1) is 14.2. The second-order valence-electron chi connectivity index (χ2n) is 5.18. The van der Waals surface area contributed by atoms with Gasteiger partial charge in [-0.25, -0.2) is 0 Å². The minimum absolute atomic E-state index is 0.109. The molecule has 0 amide bonds. The standard InChI is InChI=1S/C16H18ClN3O/c1-4-18-15(16-12(17)9-19-20(16)3)14-8-11-7-10(2)5-6-13(11)21-14/h5-9,15,18H,4H2,1-3H3. The van der Waals surface area contributed by atoms with E-state index < -0.39 is 0 Å². The van der Waals surface area contributed by atoms with Crippen LogP contribution in [-0.2, 0) is 7.05 Å². The van der Waals surface area contributed by atoms with Crippen molar-refractivity contribution < 1.29 is 4.42 Å². The smallest absolute Gasteiger partial charge is 0.134 e. The van der Waals surface area contributed by atoms with Gasteiger partial charge < -0.3 is 9.73 Å². The maximum atomic E-state index is 6.28. The molecule has 0 aliphatic rings. The van der Waals surface area contributed by atoms with Gasteiger partial charge >= 0.3 is 0 Å². The van der Waals surface area contributed by atoms with E-state index in [0.29, 0.717) is 5.02 Å². The Hall–Kier alpha value is -1.78. The van der Waals surface area contributed by atoms with Gasteiger partial charge in [-0.2, -0.15) is 5.10 Å². The van der Waals surface area contributed by atoms with Gasteiger partial charge in [-0.05, 0) is 31.7 Å². The second kappa shape index (κ2) is 5.54. The van der Waals surface area contributed by atoms with Crippen LogP contribution in [0, 0.1) is 6.92 Å². The van der Waals surface area contributed by atoms with Gasteiger partial charge in [0.15, 0.2) is 0 Å². The average molecular weight is 304 g/mol. The van der Waals surface area contributed by atoms with Gasteiger partial charge in [-0.1, -0.05) is 30.2 Å². The van der Waals surface area contributed by atoms with Gasteiger partial charge in [0, 0.05) is 12.4 Å². The van der Waals surface area contributed by atoms with Crippen LogP contribution in [0.1, 0.15) is 30.0 Å². The molecule has 21 heavy (non-hydrogen) atoms. The third-order valence-electron chi connectivity index (χ3n) is 3.59. The van der Waals surface area contributed by atoms with Crippen LogP contribution >= 0.6 is 11.6 Å². The summed E-state index contributed by atoms with van der Waals surface area (Å²) in [7, 11) is 1.89. The Kier molecular flexibility index (Phi) is 3.74. The highest BCUT2D eigenvalue weighted by molar-refractivity contribution is 6.31. The zero-order chi connectivity index (χ0) is 15.0. The van der Waals surface area contributed by atoms with Gasteiger partial charge in [0.25, 0.3) is 0 Å². The Morgan fingerprint density at radius 2 is 2.19 bits per heavy atom. The first-order valence-electron chi connectivity index (χ1n) is 7.01. The first-order valence-corrected chi connectivity index (χ1v) is 7.38. The van der Waals surface area contributed by atoms with Crippen molar-refractivity contribution in [1.29, 1.82) is 0 Å². The number of nitrogens with one attached hydrogen (secondary N) is 1. The molecular weight excluding hydrogens is 286 g/mol. The zero-order valence-corrected chi connectivity index (χ0v) is 13.1. The van der Waals surface area contributed by atoms with Crippen molar-refractivity contribution in [3.63, 3.8) is 0 Å². The summed E-state index contributed by atoms with van der Waals surface area (Å²) in [4.78, 5) is 0. The van der Waals surface area contributed by atoms with Crippen molar-refractivity contribution in [3.05, 3.63) is 52.5 Å². The molecule has 5 heteroatoms. The van der Waals surface area contributed by atoms with E-state index in [0.717, 1.165) is 29.0 Å². The highest BCUT2D eigenvalue weighted by atomic mass is 35.5. The number of nitrogens with zero attached hydrogens (tertiary/aromatic N) is 2. The van der Waals surface area contributed by atoms with E-state index in [4.69, 9.17) is 16.0 Å². The predicted octanol–water partition coefficient (Wildman–Crippen LogP) is 3.83.